The molecule has 0 aromatic heterocycles. The van der Waals surface area contributed by atoms with E-state index in [-0.39, 0.29) is 0 Å². The van der Waals surface area contributed by atoms with E-state index in [2.05, 4.69) is 39.5 Å². The van der Waals surface area contributed by atoms with Crippen LogP contribution in [0.3, 0.4) is 0 Å². The summed E-state index contributed by atoms with van der Waals surface area (Å²) in [5.41, 5.74) is 0. The van der Waals surface area contributed by atoms with Crippen LogP contribution in [-0.2, 0) is 4.74 Å². The SMILES string of the molecule is CC(C)C#CCCOCCCCCC(C)C. The molecule has 1 nitrogen and oxygen atoms in total. The zero-order valence-electron chi connectivity index (χ0n) is 11.5. The highest BCUT2D eigenvalue weighted by atomic mass is 16.5. The lowest BCUT2D eigenvalue weighted by atomic mass is 10.1. The summed E-state index contributed by atoms with van der Waals surface area (Å²) in [5.74, 6) is 7.59. The first-order valence-electron chi connectivity index (χ1n) is 6.69. The van der Waals surface area contributed by atoms with Gasteiger partial charge in [0.2, 0.25) is 0 Å². The average molecular weight is 224 g/mol. The largest absolute Gasteiger partial charge is 0.380 e. The molecule has 0 bridgehead atoms. The summed E-state index contributed by atoms with van der Waals surface area (Å²) in [6, 6.07) is 0. The summed E-state index contributed by atoms with van der Waals surface area (Å²) in [6.07, 6.45) is 6.07. The summed E-state index contributed by atoms with van der Waals surface area (Å²) in [5, 5.41) is 0. The van der Waals surface area contributed by atoms with Crippen LogP contribution >= 0.6 is 0 Å². The minimum atomic E-state index is 0.482. The van der Waals surface area contributed by atoms with Gasteiger partial charge < -0.3 is 4.74 Å². The zero-order chi connectivity index (χ0) is 12.2. The lowest BCUT2D eigenvalue weighted by Gasteiger charge is -2.04. The number of unbranched alkanes of at least 4 members (excludes halogenated alkanes) is 2. The van der Waals surface area contributed by atoms with Gasteiger partial charge >= 0.3 is 0 Å². The van der Waals surface area contributed by atoms with Crippen LogP contribution in [0.5, 0.6) is 0 Å². The Morgan fingerprint density at radius 1 is 0.938 bits per heavy atom. The highest BCUT2D eigenvalue weighted by molar-refractivity contribution is 5.00. The molecule has 0 aliphatic heterocycles. The summed E-state index contributed by atoms with van der Waals surface area (Å²) in [4.78, 5) is 0. The van der Waals surface area contributed by atoms with Gasteiger partial charge in [0.15, 0.2) is 0 Å². The van der Waals surface area contributed by atoms with Crippen molar-refractivity contribution >= 4 is 0 Å². The molecule has 0 N–H and O–H groups in total. The topological polar surface area (TPSA) is 9.23 Å². The Labute approximate surface area is 102 Å². The van der Waals surface area contributed by atoms with Gasteiger partial charge in [0.25, 0.3) is 0 Å². The molecule has 0 saturated carbocycles. The molecular formula is C15H28O. The van der Waals surface area contributed by atoms with Crippen LogP contribution in [-0.4, -0.2) is 13.2 Å². The van der Waals surface area contributed by atoms with Crippen molar-refractivity contribution in [2.75, 3.05) is 13.2 Å². The van der Waals surface area contributed by atoms with Gasteiger partial charge in [0, 0.05) is 18.9 Å². The maximum absolute atomic E-state index is 5.52. The van der Waals surface area contributed by atoms with E-state index in [1.807, 2.05) is 0 Å². The third kappa shape index (κ3) is 13.5. The molecule has 0 radical (unpaired) electrons. The third-order valence-electron chi connectivity index (χ3n) is 2.33. The van der Waals surface area contributed by atoms with Crippen LogP contribution in [0.2, 0.25) is 0 Å². The number of hydrogen-bond acceptors (Lipinski definition) is 1. The van der Waals surface area contributed by atoms with Crippen LogP contribution in [0.15, 0.2) is 0 Å². The Morgan fingerprint density at radius 2 is 1.69 bits per heavy atom. The molecule has 0 aromatic carbocycles. The monoisotopic (exact) mass is 224 g/mol. The molecule has 0 atom stereocenters. The zero-order valence-corrected chi connectivity index (χ0v) is 11.5. The van der Waals surface area contributed by atoms with Gasteiger partial charge in [-0.25, -0.2) is 0 Å². The lowest BCUT2D eigenvalue weighted by molar-refractivity contribution is 0.135. The van der Waals surface area contributed by atoms with Crippen molar-refractivity contribution in [2.24, 2.45) is 11.8 Å². The standard InChI is InChI=1S/C15H28O/c1-14(2)10-6-5-8-12-16-13-9-7-11-15(3)4/h14-15H,5-6,8-10,12-13H2,1-4H3. The van der Waals surface area contributed by atoms with Crippen molar-refractivity contribution in [1.82, 2.24) is 0 Å². The fourth-order valence-corrected chi connectivity index (χ4v) is 1.44. The predicted molar refractivity (Wildman–Crippen MR) is 71.4 cm³/mol. The average Bonchev–Trinajstić information content (AvgIpc) is 2.20. The molecule has 0 aliphatic carbocycles. The van der Waals surface area contributed by atoms with Gasteiger partial charge in [-0.1, -0.05) is 47.0 Å². The fraction of sp³-hybridized carbons (Fsp3) is 0.867. The van der Waals surface area contributed by atoms with Crippen LogP contribution in [0, 0.1) is 23.7 Å². The van der Waals surface area contributed by atoms with Crippen LogP contribution < -0.4 is 0 Å². The maximum Gasteiger partial charge on any atom is 0.0575 e. The first-order chi connectivity index (χ1) is 7.63. The second-order valence-electron chi connectivity index (χ2n) is 5.08. The van der Waals surface area contributed by atoms with E-state index in [4.69, 9.17) is 4.74 Å². The molecular weight excluding hydrogens is 196 g/mol. The molecule has 0 aliphatic rings. The van der Waals surface area contributed by atoms with Gasteiger partial charge in [-0.05, 0) is 12.3 Å². The molecule has 16 heavy (non-hydrogen) atoms. The van der Waals surface area contributed by atoms with Crippen molar-refractivity contribution in [3.05, 3.63) is 0 Å². The fourth-order valence-electron chi connectivity index (χ4n) is 1.44. The van der Waals surface area contributed by atoms with Crippen molar-refractivity contribution in [3.8, 4) is 11.8 Å². The van der Waals surface area contributed by atoms with E-state index in [1.54, 1.807) is 0 Å². The van der Waals surface area contributed by atoms with Gasteiger partial charge in [0.1, 0.15) is 0 Å². The quantitative estimate of drug-likeness (QED) is 0.442. The normalized spacial score (nSPS) is 10.6. The van der Waals surface area contributed by atoms with Gasteiger partial charge in [-0.2, -0.15) is 0 Å². The van der Waals surface area contributed by atoms with Crippen LogP contribution in [0.1, 0.15) is 59.8 Å². The molecule has 0 rings (SSSR count). The molecule has 0 heterocycles. The Hall–Kier alpha value is -0.480. The smallest absolute Gasteiger partial charge is 0.0575 e. The van der Waals surface area contributed by atoms with Gasteiger partial charge in [-0.15, -0.1) is 11.8 Å². The number of rotatable bonds is 8. The predicted octanol–water partition coefficient (Wildman–Crippen LogP) is 4.27. The van der Waals surface area contributed by atoms with Crippen molar-refractivity contribution in [2.45, 2.75) is 59.8 Å². The molecule has 0 fully saturated rings. The Kier molecular flexibility index (Phi) is 10.7. The first kappa shape index (κ1) is 15.5. The summed E-state index contributed by atoms with van der Waals surface area (Å²) in [6.45, 7) is 10.5. The van der Waals surface area contributed by atoms with Crippen LogP contribution in [0.25, 0.3) is 0 Å². The molecule has 0 unspecified atom stereocenters. The third-order valence-corrected chi connectivity index (χ3v) is 2.33. The van der Waals surface area contributed by atoms with E-state index >= 15 is 0 Å². The second kappa shape index (κ2) is 11.0. The summed E-state index contributed by atoms with van der Waals surface area (Å²) >= 11 is 0. The van der Waals surface area contributed by atoms with Crippen molar-refractivity contribution < 1.29 is 4.74 Å². The number of ether oxygens (including phenoxy) is 1. The molecule has 0 spiro atoms. The van der Waals surface area contributed by atoms with E-state index in [9.17, 15) is 0 Å². The Balaban J connectivity index is 3.08. The highest BCUT2D eigenvalue weighted by Crippen LogP contribution is 2.07. The van der Waals surface area contributed by atoms with Crippen LogP contribution in [0.4, 0.5) is 0 Å². The Morgan fingerprint density at radius 3 is 2.31 bits per heavy atom. The minimum absolute atomic E-state index is 0.482. The minimum Gasteiger partial charge on any atom is -0.380 e. The Bertz CT molecular complexity index is 195. The first-order valence-corrected chi connectivity index (χ1v) is 6.69. The second-order valence-corrected chi connectivity index (χ2v) is 5.08. The molecule has 0 saturated heterocycles. The number of hydrogen-bond donors (Lipinski definition) is 0. The van der Waals surface area contributed by atoms with Gasteiger partial charge in [-0.3, -0.25) is 0 Å². The van der Waals surface area contributed by atoms with Crippen molar-refractivity contribution in [1.29, 1.82) is 0 Å². The molecule has 0 aromatic rings. The highest BCUT2D eigenvalue weighted by Gasteiger charge is 1.94. The molecule has 94 valence electrons. The van der Waals surface area contributed by atoms with Crippen molar-refractivity contribution in [3.63, 3.8) is 0 Å². The van der Waals surface area contributed by atoms with E-state index in [0.717, 1.165) is 25.6 Å². The van der Waals surface area contributed by atoms with Gasteiger partial charge in [0.05, 0.1) is 6.61 Å². The molecule has 1 heteroatoms. The lowest BCUT2D eigenvalue weighted by Crippen LogP contribution is -1.97. The molecule has 0 amide bonds. The summed E-state index contributed by atoms with van der Waals surface area (Å²) < 4.78 is 5.52. The maximum atomic E-state index is 5.52. The van der Waals surface area contributed by atoms with E-state index in [1.165, 1.54) is 25.7 Å². The van der Waals surface area contributed by atoms with E-state index < -0.39 is 0 Å². The van der Waals surface area contributed by atoms with E-state index in [0.29, 0.717) is 5.92 Å². The summed E-state index contributed by atoms with van der Waals surface area (Å²) in [7, 11) is 0.